The van der Waals surface area contributed by atoms with Crippen molar-refractivity contribution in [2.45, 2.75) is 46.5 Å². The van der Waals surface area contributed by atoms with Gasteiger partial charge >= 0.3 is 0 Å². The van der Waals surface area contributed by atoms with E-state index in [4.69, 9.17) is 0 Å². The summed E-state index contributed by atoms with van der Waals surface area (Å²) in [5.41, 5.74) is 5.78. The standard InChI is InChI=1S/C15H22N2O/c1-4-6-7-15(18)17-16-12(3)14-10-8-13(5-2)9-11-14/h8-11H,4-7H2,1-3H3,(H,17,18). The maximum Gasteiger partial charge on any atom is 0.240 e. The Hall–Kier alpha value is -1.64. The summed E-state index contributed by atoms with van der Waals surface area (Å²) < 4.78 is 0. The summed E-state index contributed by atoms with van der Waals surface area (Å²) in [4.78, 5) is 11.4. The van der Waals surface area contributed by atoms with Crippen LogP contribution in [0.3, 0.4) is 0 Å². The number of aryl methyl sites for hydroxylation is 1. The molecule has 0 saturated heterocycles. The highest BCUT2D eigenvalue weighted by atomic mass is 16.2. The molecule has 0 aliphatic heterocycles. The van der Waals surface area contributed by atoms with E-state index in [2.05, 4.69) is 36.5 Å². The molecule has 0 aliphatic rings. The Kier molecular flexibility index (Phi) is 6.12. The summed E-state index contributed by atoms with van der Waals surface area (Å²) in [5.74, 6) is -0.0126. The van der Waals surface area contributed by atoms with Crippen LogP contribution in [0.4, 0.5) is 0 Å². The quantitative estimate of drug-likeness (QED) is 0.607. The van der Waals surface area contributed by atoms with Gasteiger partial charge in [-0.1, -0.05) is 44.5 Å². The molecular formula is C15H22N2O. The van der Waals surface area contributed by atoms with Gasteiger partial charge in [0, 0.05) is 6.42 Å². The fourth-order valence-electron chi connectivity index (χ4n) is 1.59. The second-order valence-corrected chi connectivity index (χ2v) is 4.39. The van der Waals surface area contributed by atoms with Crippen LogP contribution in [-0.2, 0) is 11.2 Å². The minimum atomic E-state index is -0.0126. The first-order chi connectivity index (χ1) is 8.67. The molecule has 1 aromatic carbocycles. The molecule has 1 aromatic rings. The van der Waals surface area contributed by atoms with Crippen LogP contribution in [0, 0.1) is 0 Å². The van der Waals surface area contributed by atoms with Crippen LogP contribution in [-0.4, -0.2) is 11.6 Å². The van der Waals surface area contributed by atoms with Crippen LogP contribution in [0.1, 0.15) is 51.2 Å². The molecule has 3 nitrogen and oxygen atoms in total. The van der Waals surface area contributed by atoms with Crippen molar-refractivity contribution in [3.63, 3.8) is 0 Å². The van der Waals surface area contributed by atoms with Crippen molar-refractivity contribution in [1.82, 2.24) is 5.43 Å². The van der Waals surface area contributed by atoms with Gasteiger partial charge in [-0.2, -0.15) is 5.10 Å². The molecule has 0 bridgehead atoms. The van der Waals surface area contributed by atoms with Gasteiger partial charge in [-0.05, 0) is 30.9 Å². The van der Waals surface area contributed by atoms with Crippen molar-refractivity contribution in [3.05, 3.63) is 35.4 Å². The fourth-order valence-corrected chi connectivity index (χ4v) is 1.59. The molecule has 0 aliphatic carbocycles. The predicted octanol–water partition coefficient (Wildman–Crippen LogP) is 3.28. The Morgan fingerprint density at radius 1 is 1.22 bits per heavy atom. The second-order valence-electron chi connectivity index (χ2n) is 4.39. The zero-order chi connectivity index (χ0) is 13.4. The number of nitrogens with zero attached hydrogens (tertiary/aromatic N) is 1. The van der Waals surface area contributed by atoms with Gasteiger partial charge in [0.1, 0.15) is 0 Å². The van der Waals surface area contributed by atoms with E-state index >= 15 is 0 Å². The number of nitrogens with one attached hydrogen (secondary N) is 1. The van der Waals surface area contributed by atoms with Crippen LogP contribution in [0.2, 0.25) is 0 Å². The van der Waals surface area contributed by atoms with Crippen molar-refractivity contribution < 1.29 is 4.79 Å². The minimum absolute atomic E-state index is 0.0126. The molecule has 0 atom stereocenters. The first-order valence-electron chi connectivity index (χ1n) is 6.59. The highest BCUT2D eigenvalue weighted by Gasteiger charge is 2.00. The number of amides is 1. The van der Waals surface area contributed by atoms with Crippen LogP contribution in [0.5, 0.6) is 0 Å². The molecule has 98 valence electrons. The van der Waals surface area contributed by atoms with Crippen molar-refractivity contribution in [2.75, 3.05) is 0 Å². The number of hydrogen-bond acceptors (Lipinski definition) is 2. The van der Waals surface area contributed by atoms with Crippen molar-refractivity contribution in [2.24, 2.45) is 5.10 Å². The summed E-state index contributed by atoms with van der Waals surface area (Å²) >= 11 is 0. The number of unbranched alkanes of at least 4 members (excludes halogenated alkanes) is 1. The lowest BCUT2D eigenvalue weighted by Gasteiger charge is -2.03. The molecule has 0 unspecified atom stereocenters. The van der Waals surface area contributed by atoms with Gasteiger partial charge in [-0.25, -0.2) is 5.43 Å². The van der Waals surface area contributed by atoms with E-state index in [0.29, 0.717) is 6.42 Å². The van der Waals surface area contributed by atoms with E-state index in [-0.39, 0.29) is 5.91 Å². The average molecular weight is 246 g/mol. The molecule has 0 saturated carbocycles. The number of benzene rings is 1. The Bertz CT molecular complexity index is 407. The Morgan fingerprint density at radius 3 is 2.44 bits per heavy atom. The molecule has 0 aromatic heterocycles. The monoisotopic (exact) mass is 246 g/mol. The van der Waals surface area contributed by atoms with Gasteiger partial charge < -0.3 is 0 Å². The molecule has 1 amide bonds. The molecule has 0 fully saturated rings. The Morgan fingerprint density at radius 2 is 1.89 bits per heavy atom. The zero-order valence-electron chi connectivity index (χ0n) is 11.5. The topological polar surface area (TPSA) is 41.5 Å². The van der Waals surface area contributed by atoms with Gasteiger partial charge in [-0.15, -0.1) is 0 Å². The lowest BCUT2D eigenvalue weighted by Crippen LogP contribution is -2.18. The number of hydrazone groups is 1. The van der Waals surface area contributed by atoms with Gasteiger partial charge in [0.25, 0.3) is 0 Å². The highest BCUT2D eigenvalue weighted by molar-refractivity contribution is 5.99. The summed E-state index contributed by atoms with van der Waals surface area (Å²) in [7, 11) is 0. The molecule has 0 radical (unpaired) electrons. The number of carbonyl (C=O) groups excluding carboxylic acids is 1. The second kappa shape index (κ2) is 7.64. The first-order valence-corrected chi connectivity index (χ1v) is 6.59. The van der Waals surface area contributed by atoms with E-state index in [1.54, 1.807) is 0 Å². The molecule has 0 heterocycles. The van der Waals surface area contributed by atoms with Gasteiger partial charge in [0.05, 0.1) is 5.71 Å². The molecule has 0 spiro atoms. The SMILES string of the molecule is CCCCC(=O)NN=C(C)c1ccc(CC)cc1. The number of hydrogen-bond donors (Lipinski definition) is 1. The van der Waals surface area contributed by atoms with Crippen LogP contribution in [0.15, 0.2) is 29.4 Å². The smallest absolute Gasteiger partial charge is 0.240 e. The van der Waals surface area contributed by atoms with Gasteiger partial charge in [0.2, 0.25) is 5.91 Å². The maximum absolute atomic E-state index is 11.4. The minimum Gasteiger partial charge on any atom is -0.273 e. The van der Waals surface area contributed by atoms with E-state index in [1.807, 2.05) is 19.1 Å². The lowest BCUT2D eigenvalue weighted by molar-refractivity contribution is -0.121. The van der Waals surface area contributed by atoms with Gasteiger partial charge in [0.15, 0.2) is 0 Å². The number of carbonyl (C=O) groups is 1. The summed E-state index contributed by atoms with van der Waals surface area (Å²) in [6, 6.07) is 8.26. The maximum atomic E-state index is 11.4. The van der Waals surface area contributed by atoms with Crippen molar-refractivity contribution in [1.29, 1.82) is 0 Å². The third-order valence-corrected chi connectivity index (χ3v) is 2.89. The highest BCUT2D eigenvalue weighted by Crippen LogP contribution is 2.06. The zero-order valence-corrected chi connectivity index (χ0v) is 11.5. The number of rotatable bonds is 6. The van der Waals surface area contributed by atoms with E-state index in [1.165, 1.54) is 5.56 Å². The van der Waals surface area contributed by atoms with Crippen LogP contribution >= 0.6 is 0 Å². The molecule has 3 heteroatoms. The fraction of sp³-hybridized carbons (Fsp3) is 0.467. The predicted molar refractivity (Wildman–Crippen MR) is 75.7 cm³/mol. The lowest BCUT2D eigenvalue weighted by atomic mass is 10.1. The molecular weight excluding hydrogens is 224 g/mol. The van der Waals surface area contributed by atoms with Crippen molar-refractivity contribution in [3.8, 4) is 0 Å². The molecule has 18 heavy (non-hydrogen) atoms. The van der Waals surface area contributed by atoms with E-state index < -0.39 is 0 Å². The van der Waals surface area contributed by atoms with Gasteiger partial charge in [-0.3, -0.25) is 4.79 Å². The largest absolute Gasteiger partial charge is 0.273 e. The Labute approximate surface area is 109 Å². The molecule has 1 rings (SSSR count). The van der Waals surface area contributed by atoms with E-state index in [9.17, 15) is 4.79 Å². The van der Waals surface area contributed by atoms with E-state index in [0.717, 1.165) is 30.5 Å². The van der Waals surface area contributed by atoms with Crippen LogP contribution in [0.25, 0.3) is 0 Å². The third kappa shape index (κ3) is 4.70. The normalized spacial score (nSPS) is 11.4. The average Bonchev–Trinajstić information content (AvgIpc) is 2.42. The summed E-state index contributed by atoms with van der Waals surface area (Å²) in [5, 5.41) is 4.12. The summed E-state index contributed by atoms with van der Waals surface area (Å²) in [6.45, 7) is 6.10. The van der Waals surface area contributed by atoms with Crippen LogP contribution < -0.4 is 5.43 Å². The molecule has 1 N–H and O–H groups in total. The summed E-state index contributed by atoms with van der Waals surface area (Å²) in [6.07, 6.45) is 3.51. The third-order valence-electron chi connectivity index (χ3n) is 2.89. The van der Waals surface area contributed by atoms with Crippen molar-refractivity contribution >= 4 is 11.6 Å². The first kappa shape index (κ1) is 14.4. The Balaban J connectivity index is 2.56.